The first-order valence-electron chi connectivity index (χ1n) is 9.99. The molecule has 0 unspecified atom stereocenters. The third kappa shape index (κ3) is 3.93. The molecule has 4 rings (SSSR count). The SMILES string of the molecule is COc1cc(OC)c(OC)cc1CNC(=O)c1nn(-c2ccc(F)cc2)c2c1CCC2. The van der Waals surface area contributed by atoms with Gasteiger partial charge in [-0.15, -0.1) is 0 Å². The summed E-state index contributed by atoms with van der Waals surface area (Å²) in [5, 5.41) is 7.49. The van der Waals surface area contributed by atoms with Crippen molar-refractivity contribution >= 4 is 5.91 Å². The lowest BCUT2D eigenvalue weighted by atomic mass is 10.1. The number of methoxy groups -OCH3 is 3. The van der Waals surface area contributed by atoms with Crippen LogP contribution < -0.4 is 19.5 Å². The number of carbonyl (C=O) groups excluding carboxylic acids is 1. The van der Waals surface area contributed by atoms with Gasteiger partial charge < -0.3 is 19.5 Å². The minimum atomic E-state index is -0.311. The average Bonchev–Trinajstić information content (AvgIpc) is 3.40. The molecule has 0 radical (unpaired) electrons. The molecule has 0 spiro atoms. The van der Waals surface area contributed by atoms with Crippen LogP contribution in [-0.2, 0) is 19.4 Å². The number of benzene rings is 2. The van der Waals surface area contributed by atoms with E-state index < -0.39 is 0 Å². The van der Waals surface area contributed by atoms with E-state index in [2.05, 4.69) is 10.4 Å². The predicted octanol–water partition coefficient (Wildman–Crippen LogP) is 3.46. The molecular weight excluding hydrogens is 401 g/mol. The Labute approximate surface area is 179 Å². The number of nitrogens with one attached hydrogen (secondary N) is 1. The van der Waals surface area contributed by atoms with Crippen molar-refractivity contribution in [3.05, 3.63) is 64.7 Å². The van der Waals surface area contributed by atoms with E-state index in [0.717, 1.165) is 41.8 Å². The Balaban J connectivity index is 1.59. The molecular formula is C23H24FN3O4. The molecule has 0 bridgehead atoms. The Morgan fingerprint density at radius 3 is 2.39 bits per heavy atom. The molecule has 1 N–H and O–H groups in total. The van der Waals surface area contributed by atoms with Gasteiger partial charge in [-0.05, 0) is 49.6 Å². The molecule has 8 heteroatoms. The zero-order chi connectivity index (χ0) is 22.0. The highest BCUT2D eigenvalue weighted by molar-refractivity contribution is 5.94. The Kier molecular flexibility index (Phi) is 5.79. The topological polar surface area (TPSA) is 74.6 Å². The molecule has 1 aliphatic rings. The molecule has 0 saturated heterocycles. The highest BCUT2D eigenvalue weighted by Gasteiger charge is 2.27. The lowest BCUT2D eigenvalue weighted by Crippen LogP contribution is -2.24. The van der Waals surface area contributed by atoms with Gasteiger partial charge in [0, 0.05) is 29.4 Å². The fourth-order valence-electron chi connectivity index (χ4n) is 3.91. The fourth-order valence-corrected chi connectivity index (χ4v) is 3.91. The molecule has 0 fully saturated rings. The van der Waals surface area contributed by atoms with E-state index in [0.29, 0.717) is 22.9 Å². The highest BCUT2D eigenvalue weighted by Crippen LogP contribution is 2.34. The van der Waals surface area contributed by atoms with Crippen molar-refractivity contribution in [2.24, 2.45) is 0 Å². The van der Waals surface area contributed by atoms with Crippen LogP contribution in [0.4, 0.5) is 4.39 Å². The van der Waals surface area contributed by atoms with Crippen LogP contribution in [-0.4, -0.2) is 37.0 Å². The number of aromatic nitrogens is 2. The minimum Gasteiger partial charge on any atom is -0.496 e. The van der Waals surface area contributed by atoms with Crippen LogP contribution in [0.15, 0.2) is 36.4 Å². The van der Waals surface area contributed by atoms with E-state index in [9.17, 15) is 9.18 Å². The van der Waals surface area contributed by atoms with E-state index in [1.807, 2.05) is 0 Å². The highest BCUT2D eigenvalue weighted by atomic mass is 19.1. The molecule has 162 valence electrons. The van der Waals surface area contributed by atoms with Crippen LogP contribution in [0, 0.1) is 5.82 Å². The Morgan fingerprint density at radius 2 is 1.71 bits per heavy atom. The van der Waals surface area contributed by atoms with Gasteiger partial charge in [-0.2, -0.15) is 5.10 Å². The Hall–Kier alpha value is -3.55. The smallest absolute Gasteiger partial charge is 0.272 e. The van der Waals surface area contributed by atoms with Gasteiger partial charge in [0.2, 0.25) is 0 Å². The van der Waals surface area contributed by atoms with Gasteiger partial charge in [0.05, 0.1) is 27.0 Å². The van der Waals surface area contributed by atoms with Crippen molar-refractivity contribution in [2.45, 2.75) is 25.8 Å². The quantitative estimate of drug-likeness (QED) is 0.628. The maximum atomic E-state index is 13.3. The third-order valence-corrected chi connectivity index (χ3v) is 5.44. The summed E-state index contributed by atoms with van der Waals surface area (Å²) in [7, 11) is 4.67. The summed E-state index contributed by atoms with van der Waals surface area (Å²) in [5.41, 5.74) is 3.83. The molecule has 1 aromatic heterocycles. The molecule has 0 saturated carbocycles. The van der Waals surface area contributed by atoms with E-state index in [1.54, 1.807) is 50.3 Å². The predicted molar refractivity (Wildman–Crippen MR) is 113 cm³/mol. The van der Waals surface area contributed by atoms with Gasteiger partial charge in [-0.3, -0.25) is 4.79 Å². The van der Waals surface area contributed by atoms with Gasteiger partial charge in [-0.25, -0.2) is 9.07 Å². The molecule has 7 nitrogen and oxygen atoms in total. The number of rotatable bonds is 7. The standard InChI is InChI=1S/C23H24FN3O4/c1-29-19-12-21(31-3)20(30-2)11-14(19)13-25-23(28)22-17-5-4-6-18(17)27(26-22)16-9-7-15(24)8-10-16/h7-12H,4-6,13H2,1-3H3,(H,25,28). The number of halogens is 1. The average molecular weight is 425 g/mol. The van der Waals surface area contributed by atoms with Crippen molar-refractivity contribution in [3.63, 3.8) is 0 Å². The molecule has 1 aliphatic carbocycles. The molecule has 1 heterocycles. The van der Waals surface area contributed by atoms with E-state index in [1.165, 1.54) is 12.1 Å². The first-order chi connectivity index (χ1) is 15.0. The van der Waals surface area contributed by atoms with Crippen molar-refractivity contribution in [1.82, 2.24) is 15.1 Å². The molecule has 3 aromatic rings. The Morgan fingerprint density at radius 1 is 1.03 bits per heavy atom. The minimum absolute atomic E-state index is 0.237. The monoisotopic (exact) mass is 425 g/mol. The summed E-state index contributed by atoms with van der Waals surface area (Å²) in [6.07, 6.45) is 2.58. The summed E-state index contributed by atoms with van der Waals surface area (Å²) in [5.74, 6) is 1.10. The second kappa shape index (κ2) is 8.67. The summed E-state index contributed by atoms with van der Waals surface area (Å²) in [4.78, 5) is 13.0. The van der Waals surface area contributed by atoms with Crippen molar-refractivity contribution < 1.29 is 23.4 Å². The Bertz CT molecular complexity index is 1110. The van der Waals surface area contributed by atoms with Gasteiger partial charge in [0.15, 0.2) is 17.2 Å². The number of fused-ring (bicyclic) bond motifs is 1. The van der Waals surface area contributed by atoms with Crippen LogP contribution in [0.25, 0.3) is 5.69 Å². The summed E-state index contributed by atoms with van der Waals surface area (Å²) in [6.45, 7) is 0.237. The van der Waals surface area contributed by atoms with Gasteiger partial charge in [0.1, 0.15) is 11.6 Å². The molecule has 1 amide bonds. The van der Waals surface area contributed by atoms with Crippen LogP contribution in [0.3, 0.4) is 0 Å². The van der Waals surface area contributed by atoms with Gasteiger partial charge in [-0.1, -0.05) is 0 Å². The summed E-state index contributed by atoms with van der Waals surface area (Å²) >= 11 is 0. The third-order valence-electron chi connectivity index (χ3n) is 5.44. The number of amides is 1. The molecule has 0 aliphatic heterocycles. The van der Waals surface area contributed by atoms with Crippen molar-refractivity contribution in [1.29, 1.82) is 0 Å². The molecule has 0 atom stereocenters. The second-order valence-corrected chi connectivity index (χ2v) is 7.22. The number of carbonyl (C=O) groups is 1. The summed E-state index contributed by atoms with van der Waals surface area (Å²) in [6, 6.07) is 9.61. The van der Waals surface area contributed by atoms with Gasteiger partial charge >= 0.3 is 0 Å². The number of ether oxygens (including phenoxy) is 3. The number of hydrogen-bond donors (Lipinski definition) is 1. The number of nitrogens with zero attached hydrogens (tertiary/aromatic N) is 2. The lowest BCUT2D eigenvalue weighted by Gasteiger charge is -2.14. The normalized spacial score (nSPS) is 12.4. The van der Waals surface area contributed by atoms with E-state index in [-0.39, 0.29) is 18.3 Å². The fraction of sp³-hybridized carbons (Fsp3) is 0.304. The molecule has 2 aromatic carbocycles. The summed E-state index contributed by atoms with van der Waals surface area (Å²) < 4.78 is 31.1. The molecule has 31 heavy (non-hydrogen) atoms. The van der Waals surface area contributed by atoms with Crippen LogP contribution in [0.5, 0.6) is 17.2 Å². The zero-order valence-corrected chi connectivity index (χ0v) is 17.7. The lowest BCUT2D eigenvalue weighted by molar-refractivity contribution is 0.0944. The maximum absolute atomic E-state index is 13.3. The van der Waals surface area contributed by atoms with Crippen molar-refractivity contribution in [3.8, 4) is 22.9 Å². The number of hydrogen-bond acceptors (Lipinski definition) is 5. The van der Waals surface area contributed by atoms with Crippen LogP contribution in [0.2, 0.25) is 0 Å². The van der Waals surface area contributed by atoms with Crippen LogP contribution >= 0.6 is 0 Å². The van der Waals surface area contributed by atoms with Gasteiger partial charge in [0.25, 0.3) is 5.91 Å². The van der Waals surface area contributed by atoms with Crippen molar-refractivity contribution in [2.75, 3.05) is 21.3 Å². The largest absolute Gasteiger partial charge is 0.496 e. The van der Waals surface area contributed by atoms with E-state index in [4.69, 9.17) is 14.2 Å². The zero-order valence-electron chi connectivity index (χ0n) is 17.7. The maximum Gasteiger partial charge on any atom is 0.272 e. The first kappa shape index (κ1) is 20.7. The van der Waals surface area contributed by atoms with Crippen LogP contribution in [0.1, 0.15) is 33.7 Å². The van der Waals surface area contributed by atoms with E-state index >= 15 is 0 Å². The first-order valence-corrected chi connectivity index (χ1v) is 9.99. The second-order valence-electron chi connectivity index (χ2n) is 7.22.